The van der Waals surface area contributed by atoms with Crippen molar-refractivity contribution >= 4 is 89.6 Å². The van der Waals surface area contributed by atoms with Crippen LogP contribution in [0.2, 0.25) is 0 Å². The van der Waals surface area contributed by atoms with Gasteiger partial charge in [-0.15, -0.1) is 23.5 Å². The van der Waals surface area contributed by atoms with Crippen LogP contribution in [0.15, 0.2) is 0 Å². The highest BCUT2D eigenvalue weighted by Crippen LogP contribution is 2.34. The molecule has 0 aromatic heterocycles. The van der Waals surface area contributed by atoms with Crippen molar-refractivity contribution in [1.82, 2.24) is 30.6 Å². The third-order valence-electron chi connectivity index (χ3n) is 10.0. The predicted molar refractivity (Wildman–Crippen MR) is 205 cm³/mol. The third-order valence-corrected chi connectivity index (χ3v) is 13.0. The highest BCUT2D eigenvalue weighted by atomic mass is 32.2. The van der Waals surface area contributed by atoms with E-state index in [0.717, 1.165) is 51.4 Å². The second-order valence-electron chi connectivity index (χ2n) is 13.7. The van der Waals surface area contributed by atoms with Gasteiger partial charge in [0.05, 0.1) is 10.5 Å². The molecule has 5 atom stereocenters. The molecule has 4 rings (SSSR count). The van der Waals surface area contributed by atoms with Gasteiger partial charge in [0.1, 0.15) is 6.23 Å². The normalized spacial score (nSPS) is 26.7. The Hall–Kier alpha value is -2.32. The van der Waals surface area contributed by atoms with Crippen LogP contribution in [0.3, 0.4) is 0 Å². The van der Waals surface area contributed by atoms with Crippen molar-refractivity contribution in [2.75, 3.05) is 31.6 Å². The van der Waals surface area contributed by atoms with E-state index in [-0.39, 0.29) is 89.0 Å². The summed E-state index contributed by atoms with van der Waals surface area (Å²) in [5.41, 5.74) is 0. The first-order valence-corrected chi connectivity index (χ1v) is 21.1. The average molecular weight is 805 g/mol. The summed E-state index contributed by atoms with van der Waals surface area (Å²) in [6.07, 6.45) is 6.67. The van der Waals surface area contributed by atoms with E-state index in [2.05, 4.69) is 39.6 Å². The van der Waals surface area contributed by atoms with Gasteiger partial charge in [-0.3, -0.25) is 48.2 Å². The molecule has 2 aliphatic carbocycles. The van der Waals surface area contributed by atoms with E-state index in [1.54, 1.807) is 7.05 Å². The molecule has 4 aliphatic rings. The quantitative estimate of drug-likeness (QED) is 0.0899. The number of nitrogens with one attached hydrogen (secondary N) is 4. The molecule has 52 heavy (non-hydrogen) atoms. The van der Waals surface area contributed by atoms with Crippen LogP contribution in [0.5, 0.6) is 0 Å². The average Bonchev–Trinajstić information content (AvgIpc) is 3.55. The SMILES string of the molecule is CC(=O)NC(O)CCSC1CC(=O)N(CC2CCC(C(=O)NP)CC2)C1=O.CNC(=O)CCSC1CC(=O)N(CC2CCC(C(=O)NP)CC2)C1=O. The van der Waals surface area contributed by atoms with Gasteiger partial charge in [0.2, 0.25) is 47.3 Å². The Balaban J connectivity index is 0.000000281. The lowest BCUT2D eigenvalue weighted by Crippen LogP contribution is -2.38. The van der Waals surface area contributed by atoms with Gasteiger partial charge in [-0.1, -0.05) is 0 Å². The molecule has 0 aromatic carbocycles. The summed E-state index contributed by atoms with van der Waals surface area (Å²) in [4.78, 5) is 97.6. The van der Waals surface area contributed by atoms with E-state index in [1.807, 2.05) is 0 Å². The highest BCUT2D eigenvalue weighted by Gasteiger charge is 2.41. The molecular formula is C33H54N6O9P2S2. The van der Waals surface area contributed by atoms with E-state index in [1.165, 1.54) is 40.2 Å². The van der Waals surface area contributed by atoms with Gasteiger partial charge in [-0.25, -0.2) is 0 Å². The van der Waals surface area contributed by atoms with Crippen molar-refractivity contribution in [2.45, 2.75) is 101 Å². The molecule has 0 radical (unpaired) electrons. The maximum absolute atomic E-state index is 12.5. The molecule has 2 saturated carbocycles. The number of likely N-dealkylation sites (tertiary alicyclic amines) is 2. The zero-order chi connectivity index (χ0) is 38.4. The fourth-order valence-corrected chi connectivity index (χ4v) is 9.73. The molecule has 0 bridgehead atoms. The van der Waals surface area contributed by atoms with E-state index in [9.17, 15) is 43.5 Å². The summed E-state index contributed by atoms with van der Waals surface area (Å²) < 4.78 is 0. The number of carbonyl (C=O) groups excluding carboxylic acids is 8. The summed E-state index contributed by atoms with van der Waals surface area (Å²) >= 11 is 2.73. The van der Waals surface area contributed by atoms with Crippen LogP contribution in [0, 0.1) is 23.7 Å². The van der Waals surface area contributed by atoms with Crippen LogP contribution in [-0.4, -0.2) is 111 Å². The maximum atomic E-state index is 12.5. The predicted octanol–water partition coefficient (Wildman–Crippen LogP) is 1.10. The molecule has 2 saturated heterocycles. The Labute approximate surface area is 318 Å². The smallest absolute Gasteiger partial charge is 0.242 e. The number of hydrogen-bond acceptors (Lipinski definition) is 11. The summed E-state index contributed by atoms with van der Waals surface area (Å²) in [5.74, 6) is 0.733. The molecule has 0 spiro atoms. The second-order valence-corrected chi connectivity index (χ2v) is 16.9. The van der Waals surface area contributed by atoms with Crippen LogP contribution in [0.1, 0.15) is 84.0 Å². The highest BCUT2D eigenvalue weighted by molar-refractivity contribution is 8.00. The topological polar surface area (TPSA) is 211 Å². The van der Waals surface area contributed by atoms with Crippen molar-refractivity contribution in [3.63, 3.8) is 0 Å². The van der Waals surface area contributed by atoms with Crippen molar-refractivity contribution in [3.05, 3.63) is 0 Å². The molecular weight excluding hydrogens is 750 g/mol. The molecule has 5 unspecified atom stereocenters. The number of carbonyl (C=O) groups is 8. The first-order valence-electron chi connectivity index (χ1n) is 17.9. The lowest BCUT2D eigenvalue weighted by Gasteiger charge is -2.29. The first kappa shape index (κ1) is 44.1. The minimum Gasteiger partial charge on any atom is -0.374 e. The number of nitrogens with zero attached hydrogens (tertiary/aromatic N) is 2. The molecule has 19 heteroatoms. The monoisotopic (exact) mass is 804 g/mol. The molecule has 292 valence electrons. The van der Waals surface area contributed by atoms with Crippen molar-refractivity contribution in [3.8, 4) is 0 Å². The largest absolute Gasteiger partial charge is 0.374 e. The lowest BCUT2D eigenvalue weighted by molar-refractivity contribution is -0.140. The van der Waals surface area contributed by atoms with Crippen LogP contribution in [0.25, 0.3) is 0 Å². The Morgan fingerprint density at radius 2 is 1.17 bits per heavy atom. The summed E-state index contributed by atoms with van der Waals surface area (Å²) in [7, 11) is 6.05. The fourth-order valence-electron chi connectivity index (χ4n) is 6.96. The van der Waals surface area contributed by atoms with Crippen LogP contribution in [-0.2, 0) is 38.4 Å². The first-order chi connectivity index (χ1) is 24.8. The van der Waals surface area contributed by atoms with E-state index in [0.29, 0.717) is 37.4 Å². The Morgan fingerprint density at radius 1 is 0.750 bits per heavy atom. The van der Waals surface area contributed by atoms with Gasteiger partial charge in [0.25, 0.3) is 0 Å². The van der Waals surface area contributed by atoms with Gasteiger partial charge in [-0.05, 0) is 87.7 Å². The molecule has 2 aliphatic heterocycles. The number of amides is 8. The van der Waals surface area contributed by atoms with Crippen molar-refractivity contribution in [2.24, 2.45) is 23.7 Å². The second kappa shape index (κ2) is 22.2. The number of hydrogen-bond donors (Lipinski definition) is 5. The number of thioether (sulfide) groups is 2. The van der Waals surface area contributed by atoms with Crippen LogP contribution >= 0.6 is 42.3 Å². The van der Waals surface area contributed by atoms with Crippen molar-refractivity contribution in [1.29, 1.82) is 0 Å². The fraction of sp³-hybridized carbons (Fsp3) is 0.758. The van der Waals surface area contributed by atoms with Crippen LogP contribution < -0.4 is 20.8 Å². The van der Waals surface area contributed by atoms with E-state index >= 15 is 0 Å². The molecule has 2 heterocycles. The standard InChI is InChI=1S/C17H28N3O5PS.C16H26N3O4PS/c1-10(21)18-14(22)6-7-27-13-8-15(23)20(17(13)25)9-11-2-4-12(5-3-11)16(24)19-26;1-17-13(20)6-7-25-12-8-14(21)19(16(12)23)9-10-2-4-11(5-3-10)15(22)18-24/h11-14,22H,2-9,26H2,1H3,(H,18,21)(H,19,24);10-12H,2-9,24H2,1H3,(H,17,20)(H,18,22). The minimum atomic E-state index is -0.938. The van der Waals surface area contributed by atoms with Gasteiger partial charge in [-0.2, -0.15) is 0 Å². The maximum Gasteiger partial charge on any atom is 0.242 e. The zero-order valence-corrected chi connectivity index (χ0v) is 33.9. The Kier molecular flexibility index (Phi) is 18.8. The van der Waals surface area contributed by atoms with Crippen LogP contribution in [0.4, 0.5) is 0 Å². The number of rotatable bonds is 15. The summed E-state index contributed by atoms with van der Waals surface area (Å²) in [6.45, 7) is 2.21. The Bertz CT molecular complexity index is 1310. The lowest BCUT2D eigenvalue weighted by atomic mass is 9.81. The Morgan fingerprint density at radius 3 is 1.56 bits per heavy atom. The number of aliphatic hydroxyl groups is 1. The molecule has 15 nitrogen and oxygen atoms in total. The number of imide groups is 2. The van der Waals surface area contributed by atoms with E-state index < -0.39 is 11.5 Å². The molecule has 8 amide bonds. The summed E-state index contributed by atoms with van der Waals surface area (Å²) in [6, 6.07) is 0. The van der Waals surface area contributed by atoms with Crippen molar-refractivity contribution < 1.29 is 43.5 Å². The number of aliphatic hydroxyl groups excluding tert-OH is 1. The molecule has 0 aromatic rings. The third kappa shape index (κ3) is 13.5. The van der Waals surface area contributed by atoms with Gasteiger partial charge < -0.3 is 25.9 Å². The van der Waals surface area contributed by atoms with E-state index in [4.69, 9.17) is 0 Å². The molecule has 5 N–H and O–H groups in total. The summed E-state index contributed by atoms with van der Waals surface area (Å²) in [5, 5.41) is 19.0. The van der Waals surface area contributed by atoms with Gasteiger partial charge in [0.15, 0.2) is 0 Å². The zero-order valence-electron chi connectivity index (χ0n) is 29.9. The molecule has 4 fully saturated rings. The van der Waals surface area contributed by atoms with Gasteiger partial charge >= 0.3 is 0 Å². The van der Waals surface area contributed by atoms with Gasteiger partial charge in [0, 0.05) is 70.3 Å². The minimum absolute atomic E-state index is 0.0158.